The maximum Gasteiger partial charge on any atom is 0.237 e. The van der Waals surface area contributed by atoms with E-state index in [4.69, 9.17) is 5.73 Å². The van der Waals surface area contributed by atoms with Gasteiger partial charge < -0.3 is 11.1 Å². The number of carbonyl (C=O) groups excluding carboxylic acids is 1. The van der Waals surface area contributed by atoms with Crippen LogP contribution < -0.4 is 11.1 Å². The third-order valence-corrected chi connectivity index (χ3v) is 5.00. The van der Waals surface area contributed by atoms with Crippen LogP contribution in [0.5, 0.6) is 0 Å². The molecule has 1 heterocycles. The first-order valence-electron chi connectivity index (χ1n) is 7.19. The van der Waals surface area contributed by atoms with Crippen molar-refractivity contribution in [2.45, 2.75) is 51.6 Å². The van der Waals surface area contributed by atoms with E-state index in [1.807, 2.05) is 13.8 Å². The summed E-state index contributed by atoms with van der Waals surface area (Å²) < 4.78 is 0. The minimum absolute atomic E-state index is 0.0136. The van der Waals surface area contributed by atoms with Gasteiger partial charge in [-0.25, -0.2) is 0 Å². The predicted molar refractivity (Wildman–Crippen MR) is 80.0 cm³/mol. The molecule has 1 aliphatic carbocycles. The first-order valence-corrected chi connectivity index (χ1v) is 8.07. The fraction of sp³-hybridized carbons (Fsp3) is 0.667. The molecule has 1 amide bonds. The fourth-order valence-corrected chi connectivity index (χ4v) is 3.60. The Hall–Kier alpha value is -0.870. The largest absolute Gasteiger partial charge is 0.347 e. The lowest BCUT2D eigenvalue weighted by Gasteiger charge is -2.26. The van der Waals surface area contributed by atoms with Crippen LogP contribution >= 0.6 is 11.3 Å². The highest BCUT2D eigenvalue weighted by Gasteiger charge is 2.30. The molecule has 19 heavy (non-hydrogen) atoms. The van der Waals surface area contributed by atoms with Gasteiger partial charge in [-0.3, -0.25) is 4.79 Å². The molecule has 0 aliphatic heterocycles. The van der Waals surface area contributed by atoms with E-state index >= 15 is 0 Å². The Balaban J connectivity index is 2.08. The molecule has 1 aromatic heterocycles. The van der Waals surface area contributed by atoms with Gasteiger partial charge in [0.1, 0.15) is 0 Å². The molecule has 1 aliphatic rings. The van der Waals surface area contributed by atoms with Crippen LogP contribution in [0.1, 0.15) is 50.4 Å². The average molecular weight is 280 g/mol. The second-order valence-electron chi connectivity index (χ2n) is 5.82. The SMILES string of the molecule is CC(C)[C@H](N)C(=O)NC(c1cccs1)C1CCCC1. The molecule has 0 saturated heterocycles. The van der Waals surface area contributed by atoms with Gasteiger partial charge in [-0.2, -0.15) is 0 Å². The number of nitrogens with two attached hydrogens (primary N) is 1. The second kappa shape index (κ2) is 6.53. The molecule has 106 valence electrons. The molecule has 1 saturated carbocycles. The number of hydrogen-bond acceptors (Lipinski definition) is 3. The molecule has 0 spiro atoms. The standard InChI is InChI=1S/C15H24N2OS/c1-10(2)13(16)15(18)17-14(11-6-3-4-7-11)12-8-5-9-19-12/h5,8-11,13-14H,3-4,6-7,16H2,1-2H3,(H,17,18)/t13-,14?/m0/s1. The summed E-state index contributed by atoms with van der Waals surface area (Å²) in [6.45, 7) is 3.97. The summed E-state index contributed by atoms with van der Waals surface area (Å²) in [6.07, 6.45) is 4.97. The van der Waals surface area contributed by atoms with E-state index in [0.717, 1.165) is 0 Å². The van der Waals surface area contributed by atoms with Crippen LogP contribution in [0, 0.1) is 11.8 Å². The predicted octanol–water partition coefficient (Wildman–Crippen LogP) is 3.08. The summed E-state index contributed by atoms with van der Waals surface area (Å²) >= 11 is 1.72. The summed E-state index contributed by atoms with van der Waals surface area (Å²) in [6, 6.07) is 3.91. The highest BCUT2D eigenvalue weighted by molar-refractivity contribution is 7.10. The number of hydrogen-bond donors (Lipinski definition) is 2. The van der Waals surface area contributed by atoms with E-state index < -0.39 is 6.04 Å². The fourth-order valence-electron chi connectivity index (χ4n) is 2.73. The first-order chi connectivity index (χ1) is 9.09. The lowest BCUT2D eigenvalue weighted by molar-refractivity contribution is -0.124. The highest BCUT2D eigenvalue weighted by atomic mass is 32.1. The molecule has 1 aromatic rings. The van der Waals surface area contributed by atoms with Gasteiger partial charge in [-0.1, -0.05) is 32.8 Å². The third kappa shape index (κ3) is 3.57. The van der Waals surface area contributed by atoms with Crippen molar-refractivity contribution in [1.29, 1.82) is 0 Å². The van der Waals surface area contributed by atoms with Crippen LogP contribution in [-0.4, -0.2) is 11.9 Å². The van der Waals surface area contributed by atoms with E-state index in [1.54, 1.807) is 11.3 Å². The number of rotatable bonds is 5. The van der Waals surface area contributed by atoms with Gasteiger partial charge in [0.25, 0.3) is 0 Å². The Morgan fingerprint density at radius 3 is 2.63 bits per heavy atom. The Labute approximate surface area is 119 Å². The lowest BCUT2D eigenvalue weighted by atomic mass is 9.95. The molecule has 1 fully saturated rings. The van der Waals surface area contributed by atoms with Crippen LogP contribution in [0.2, 0.25) is 0 Å². The summed E-state index contributed by atoms with van der Waals surface area (Å²) in [5.41, 5.74) is 5.95. The topological polar surface area (TPSA) is 55.1 Å². The van der Waals surface area contributed by atoms with Crippen molar-refractivity contribution in [3.05, 3.63) is 22.4 Å². The molecule has 4 heteroatoms. The minimum Gasteiger partial charge on any atom is -0.347 e. The normalized spacial score (nSPS) is 19.6. The van der Waals surface area contributed by atoms with Crippen LogP contribution in [0.4, 0.5) is 0 Å². The van der Waals surface area contributed by atoms with Crippen LogP contribution in [0.3, 0.4) is 0 Å². The van der Waals surface area contributed by atoms with Crippen LogP contribution in [0.25, 0.3) is 0 Å². The van der Waals surface area contributed by atoms with Crippen molar-refractivity contribution in [3.8, 4) is 0 Å². The van der Waals surface area contributed by atoms with Gasteiger partial charge in [0.15, 0.2) is 0 Å². The lowest BCUT2D eigenvalue weighted by Crippen LogP contribution is -2.46. The smallest absolute Gasteiger partial charge is 0.237 e. The summed E-state index contributed by atoms with van der Waals surface area (Å²) in [4.78, 5) is 13.5. The van der Waals surface area contributed by atoms with Gasteiger partial charge in [0.2, 0.25) is 5.91 Å². The van der Waals surface area contributed by atoms with E-state index in [9.17, 15) is 4.79 Å². The van der Waals surface area contributed by atoms with Crippen molar-refractivity contribution >= 4 is 17.2 Å². The molecule has 0 radical (unpaired) electrons. The molecular formula is C15H24N2OS. The summed E-state index contributed by atoms with van der Waals surface area (Å²) in [7, 11) is 0. The molecule has 3 nitrogen and oxygen atoms in total. The molecule has 2 atom stereocenters. The zero-order chi connectivity index (χ0) is 13.8. The molecular weight excluding hydrogens is 256 g/mol. The molecule has 1 unspecified atom stereocenters. The monoisotopic (exact) mass is 280 g/mol. The van der Waals surface area contributed by atoms with Gasteiger partial charge in [-0.15, -0.1) is 11.3 Å². The molecule has 3 N–H and O–H groups in total. The Kier molecular flexibility index (Phi) is 4.99. The number of nitrogens with one attached hydrogen (secondary N) is 1. The molecule has 2 rings (SSSR count). The van der Waals surface area contributed by atoms with E-state index in [1.165, 1.54) is 30.6 Å². The molecule has 0 bridgehead atoms. The highest BCUT2D eigenvalue weighted by Crippen LogP contribution is 2.37. The number of thiophene rings is 1. The Bertz CT molecular complexity index is 396. The Morgan fingerprint density at radius 2 is 2.11 bits per heavy atom. The van der Waals surface area contributed by atoms with Crippen LogP contribution in [0.15, 0.2) is 17.5 Å². The quantitative estimate of drug-likeness (QED) is 0.871. The van der Waals surface area contributed by atoms with E-state index in [0.29, 0.717) is 5.92 Å². The summed E-state index contributed by atoms with van der Waals surface area (Å²) in [5.74, 6) is 0.731. The first kappa shape index (κ1) is 14.5. The van der Waals surface area contributed by atoms with Crippen molar-refractivity contribution in [2.75, 3.05) is 0 Å². The maximum atomic E-state index is 12.2. The van der Waals surface area contributed by atoms with Gasteiger partial charge in [-0.05, 0) is 36.1 Å². The third-order valence-electron chi connectivity index (χ3n) is 4.04. The van der Waals surface area contributed by atoms with E-state index in [2.05, 4.69) is 22.8 Å². The Morgan fingerprint density at radius 1 is 1.42 bits per heavy atom. The average Bonchev–Trinajstić information content (AvgIpc) is 3.07. The number of amides is 1. The van der Waals surface area contributed by atoms with Gasteiger partial charge >= 0.3 is 0 Å². The van der Waals surface area contributed by atoms with Crippen molar-refractivity contribution in [3.63, 3.8) is 0 Å². The van der Waals surface area contributed by atoms with E-state index in [-0.39, 0.29) is 17.9 Å². The molecule has 0 aromatic carbocycles. The van der Waals surface area contributed by atoms with Crippen LogP contribution in [-0.2, 0) is 4.79 Å². The van der Waals surface area contributed by atoms with Crippen molar-refractivity contribution < 1.29 is 4.79 Å². The minimum atomic E-state index is -0.413. The van der Waals surface area contributed by atoms with Gasteiger partial charge in [0.05, 0.1) is 12.1 Å². The number of carbonyl (C=O) groups is 1. The van der Waals surface area contributed by atoms with Crippen molar-refractivity contribution in [2.24, 2.45) is 17.6 Å². The zero-order valence-electron chi connectivity index (χ0n) is 11.8. The van der Waals surface area contributed by atoms with Crippen molar-refractivity contribution in [1.82, 2.24) is 5.32 Å². The maximum absolute atomic E-state index is 12.2. The second-order valence-corrected chi connectivity index (χ2v) is 6.80. The summed E-state index contributed by atoms with van der Waals surface area (Å²) in [5, 5.41) is 5.26. The van der Waals surface area contributed by atoms with Gasteiger partial charge in [0, 0.05) is 4.88 Å². The zero-order valence-corrected chi connectivity index (χ0v) is 12.6.